The van der Waals surface area contributed by atoms with E-state index in [4.69, 9.17) is 9.84 Å². The van der Waals surface area contributed by atoms with Crippen molar-refractivity contribution >= 4 is 5.91 Å². The van der Waals surface area contributed by atoms with E-state index in [0.717, 1.165) is 12.8 Å². The molecule has 0 aromatic heterocycles. The number of ether oxygens (including phenoxy) is 1. The van der Waals surface area contributed by atoms with Gasteiger partial charge in [0.2, 0.25) is 0 Å². The van der Waals surface area contributed by atoms with E-state index in [2.05, 4.69) is 0 Å². The number of carbonyl (C=O) groups is 1. The number of carbonyl (C=O) groups excluding carboxylic acids is 1. The fraction of sp³-hybridized carbons (Fsp3) is 0.500. The van der Waals surface area contributed by atoms with E-state index < -0.39 is 0 Å². The summed E-state index contributed by atoms with van der Waals surface area (Å²) in [6, 6.07) is 5.60. The van der Waals surface area contributed by atoms with Crippen LogP contribution in [-0.2, 0) is 4.74 Å². The smallest absolute Gasteiger partial charge is 0.253 e. The highest BCUT2D eigenvalue weighted by molar-refractivity contribution is 5.94. The largest absolute Gasteiger partial charge is 0.394 e. The van der Waals surface area contributed by atoms with Gasteiger partial charge in [-0.2, -0.15) is 0 Å². The van der Waals surface area contributed by atoms with Gasteiger partial charge in [0.15, 0.2) is 0 Å². The molecule has 1 aromatic carbocycles. The summed E-state index contributed by atoms with van der Waals surface area (Å²) in [6.45, 7) is 1.63. The lowest BCUT2D eigenvalue weighted by Crippen LogP contribution is -2.41. The number of aliphatic hydroxyl groups excluding tert-OH is 1. The van der Waals surface area contributed by atoms with Crippen molar-refractivity contribution in [3.05, 3.63) is 35.6 Å². The number of piperidine rings is 1. The Kier molecular flexibility index (Phi) is 4.87. The molecule has 1 heterocycles. The molecule has 4 nitrogen and oxygen atoms in total. The minimum Gasteiger partial charge on any atom is -0.394 e. The Morgan fingerprint density at radius 1 is 1.32 bits per heavy atom. The van der Waals surface area contributed by atoms with Crippen LogP contribution in [0.5, 0.6) is 0 Å². The highest BCUT2D eigenvalue weighted by Gasteiger charge is 2.23. The number of amides is 1. The molecular formula is C14H18FNO3. The molecule has 1 aromatic rings. The quantitative estimate of drug-likeness (QED) is 0.898. The van der Waals surface area contributed by atoms with Gasteiger partial charge in [-0.25, -0.2) is 4.39 Å². The number of halogens is 1. The minimum atomic E-state index is -0.340. The second-order valence-electron chi connectivity index (χ2n) is 4.59. The van der Waals surface area contributed by atoms with Gasteiger partial charge in [0.05, 0.1) is 19.3 Å². The summed E-state index contributed by atoms with van der Waals surface area (Å²) in [4.78, 5) is 13.9. The summed E-state index contributed by atoms with van der Waals surface area (Å²) < 4.78 is 18.2. The Balaban J connectivity index is 1.87. The van der Waals surface area contributed by atoms with Crippen molar-refractivity contribution in [3.8, 4) is 0 Å². The Bertz CT molecular complexity index is 413. The standard InChI is InChI=1S/C14H18FNO3/c15-12-3-1-11(2-4-12)14(18)16-7-5-13(6-8-16)19-10-9-17/h1-4,13,17H,5-10H2. The van der Waals surface area contributed by atoms with Crippen molar-refractivity contribution in [2.24, 2.45) is 0 Å². The van der Waals surface area contributed by atoms with E-state index in [1.165, 1.54) is 24.3 Å². The fourth-order valence-corrected chi connectivity index (χ4v) is 2.22. The van der Waals surface area contributed by atoms with Gasteiger partial charge in [-0.1, -0.05) is 0 Å². The lowest BCUT2D eigenvalue weighted by Gasteiger charge is -2.31. The van der Waals surface area contributed by atoms with Gasteiger partial charge in [-0.3, -0.25) is 4.79 Å². The predicted molar refractivity (Wildman–Crippen MR) is 68.4 cm³/mol. The molecule has 1 aliphatic rings. The number of nitrogens with zero attached hydrogens (tertiary/aromatic N) is 1. The van der Waals surface area contributed by atoms with Crippen LogP contribution >= 0.6 is 0 Å². The van der Waals surface area contributed by atoms with Crippen LogP contribution in [0.25, 0.3) is 0 Å². The van der Waals surface area contributed by atoms with Crippen LogP contribution < -0.4 is 0 Å². The van der Waals surface area contributed by atoms with E-state index in [0.29, 0.717) is 25.3 Å². The maximum Gasteiger partial charge on any atom is 0.253 e. The molecule has 0 bridgehead atoms. The van der Waals surface area contributed by atoms with Crippen LogP contribution in [0.1, 0.15) is 23.2 Å². The zero-order valence-electron chi connectivity index (χ0n) is 10.7. The summed E-state index contributed by atoms with van der Waals surface area (Å²) >= 11 is 0. The fourth-order valence-electron chi connectivity index (χ4n) is 2.22. The molecule has 1 N–H and O–H groups in total. The third-order valence-corrected chi connectivity index (χ3v) is 3.27. The third kappa shape index (κ3) is 3.75. The zero-order valence-corrected chi connectivity index (χ0v) is 10.7. The molecule has 0 spiro atoms. The molecule has 5 heteroatoms. The summed E-state index contributed by atoms with van der Waals surface area (Å²) in [5.74, 6) is -0.409. The van der Waals surface area contributed by atoms with Gasteiger partial charge in [0.25, 0.3) is 5.91 Å². The summed E-state index contributed by atoms with van der Waals surface area (Å²) in [7, 11) is 0. The molecule has 104 valence electrons. The van der Waals surface area contributed by atoms with Gasteiger partial charge >= 0.3 is 0 Å². The van der Waals surface area contributed by atoms with Crippen LogP contribution in [0.3, 0.4) is 0 Å². The van der Waals surface area contributed by atoms with E-state index in [1.807, 2.05) is 0 Å². The van der Waals surface area contributed by atoms with E-state index >= 15 is 0 Å². The van der Waals surface area contributed by atoms with Crippen LogP contribution in [0.2, 0.25) is 0 Å². The first-order valence-corrected chi connectivity index (χ1v) is 6.48. The first-order chi connectivity index (χ1) is 9.20. The van der Waals surface area contributed by atoms with Crippen molar-refractivity contribution < 1.29 is 19.0 Å². The van der Waals surface area contributed by atoms with Gasteiger partial charge in [0, 0.05) is 18.7 Å². The molecule has 1 saturated heterocycles. The van der Waals surface area contributed by atoms with Gasteiger partial charge in [-0.15, -0.1) is 0 Å². The third-order valence-electron chi connectivity index (χ3n) is 3.27. The van der Waals surface area contributed by atoms with E-state index in [-0.39, 0.29) is 24.4 Å². The number of hydrogen-bond donors (Lipinski definition) is 1. The second kappa shape index (κ2) is 6.63. The van der Waals surface area contributed by atoms with Gasteiger partial charge in [-0.05, 0) is 37.1 Å². The van der Waals surface area contributed by atoms with Crippen molar-refractivity contribution in [3.63, 3.8) is 0 Å². The van der Waals surface area contributed by atoms with Crippen LogP contribution in [0.4, 0.5) is 4.39 Å². The Hall–Kier alpha value is -1.46. The van der Waals surface area contributed by atoms with Gasteiger partial charge in [0.1, 0.15) is 5.82 Å². The molecule has 1 aliphatic heterocycles. The molecular weight excluding hydrogens is 249 g/mol. The maximum absolute atomic E-state index is 12.8. The zero-order chi connectivity index (χ0) is 13.7. The van der Waals surface area contributed by atoms with E-state index in [1.54, 1.807) is 4.90 Å². The summed E-state index contributed by atoms with van der Waals surface area (Å²) in [5, 5.41) is 8.69. The van der Waals surface area contributed by atoms with E-state index in [9.17, 15) is 9.18 Å². The molecule has 0 radical (unpaired) electrons. The second-order valence-corrected chi connectivity index (χ2v) is 4.59. The minimum absolute atomic E-state index is 0.0225. The molecule has 2 rings (SSSR count). The molecule has 0 atom stereocenters. The molecule has 19 heavy (non-hydrogen) atoms. The molecule has 0 unspecified atom stereocenters. The van der Waals surface area contributed by atoms with Crippen molar-refractivity contribution in [2.45, 2.75) is 18.9 Å². The summed E-state index contributed by atoms with van der Waals surface area (Å²) in [6.07, 6.45) is 1.66. The number of likely N-dealkylation sites (tertiary alicyclic amines) is 1. The van der Waals surface area contributed by atoms with Crippen LogP contribution in [-0.4, -0.2) is 48.3 Å². The van der Waals surface area contributed by atoms with Crippen LogP contribution in [0.15, 0.2) is 24.3 Å². The number of benzene rings is 1. The first-order valence-electron chi connectivity index (χ1n) is 6.48. The molecule has 0 saturated carbocycles. The lowest BCUT2D eigenvalue weighted by molar-refractivity contribution is -0.00554. The monoisotopic (exact) mass is 267 g/mol. The normalized spacial score (nSPS) is 16.6. The lowest BCUT2D eigenvalue weighted by atomic mass is 10.1. The number of aliphatic hydroxyl groups is 1. The predicted octanol–water partition coefficient (Wildman–Crippen LogP) is 1.44. The number of hydrogen-bond acceptors (Lipinski definition) is 3. The SMILES string of the molecule is O=C(c1ccc(F)cc1)N1CCC(OCCO)CC1. The molecule has 1 amide bonds. The van der Waals surface area contributed by atoms with Crippen LogP contribution in [0, 0.1) is 5.82 Å². The highest BCUT2D eigenvalue weighted by atomic mass is 19.1. The Labute approximate surface area is 111 Å². The first kappa shape index (κ1) is 14.0. The van der Waals surface area contributed by atoms with Crippen molar-refractivity contribution in [1.82, 2.24) is 4.90 Å². The Morgan fingerprint density at radius 3 is 2.53 bits per heavy atom. The average Bonchev–Trinajstić information content (AvgIpc) is 2.46. The highest BCUT2D eigenvalue weighted by Crippen LogP contribution is 2.16. The summed E-state index contributed by atoms with van der Waals surface area (Å²) in [5.41, 5.74) is 0.510. The number of rotatable bonds is 4. The Morgan fingerprint density at radius 2 is 1.95 bits per heavy atom. The molecule has 0 aliphatic carbocycles. The maximum atomic E-state index is 12.8. The van der Waals surface area contributed by atoms with Crippen molar-refractivity contribution in [2.75, 3.05) is 26.3 Å². The van der Waals surface area contributed by atoms with Gasteiger partial charge < -0.3 is 14.7 Å². The average molecular weight is 267 g/mol. The van der Waals surface area contributed by atoms with Crippen molar-refractivity contribution in [1.29, 1.82) is 0 Å². The molecule has 1 fully saturated rings. The topological polar surface area (TPSA) is 49.8 Å².